The van der Waals surface area contributed by atoms with Crippen molar-refractivity contribution in [2.24, 2.45) is 0 Å². The first-order valence-corrected chi connectivity index (χ1v) is 6.69. The maximum Gasteiger partial charge on any atom is 0.131 e. The predicted octanol–water partition coefficient (Wildman–Crippen LogP) is 4.96. The van der Waals surface area contributed by atoms with Crippen LogP contribution in [0.3, 0.4) is 0 Å². The first kappa shape index (κ1) is 14.1. The molecule has 0 aliphatic rings. The highest BCUT2D eigenvalue weighted by atomic mass is 16.5. The van der Waals surface area contributed by atoms with Gasteiger partial charge in [0.15, 0.2) is 0 Å². The number of hydrogen-bond donors (Lipinski definition) is 0. The van der Waals surface area contributed by atoms with Crippen LogP contribution in [0, 0.1) is 18.3 Å². The van der Waals surface area contributed by atoms with Gasteiger partial charge in [0.1, 0.15) is 11.5 Å². The van der Waals surface area contributed by atoms with Gasteiger partial charge in [0.25, 0.3) is 0 Å². The summed E-state index contributed by atoms with van der Waals surface area (Å²) >= 11 is 0. The highest BCUT2D eigenvalue weighted by Gasteiger charge is 2.19. The summed E-state index contributed by atoms with van der Waals surface area (Å²) in [6.07, 6.45) is 0. The summed E-state index contributed by atoms with van der Waals surface area (Å²) < 4.78 is 5.98. The molecule has 2 aromatic rings. The van der Waals surface area contributed by atoms with E-state index < -0.39 is 0 Å². The molecule has 2 heteroatoms. The molecule has 0 radical (unpaired) electrons. The maximum atomic E-state index is 8.81. The SMILES string of the molecule is Cc1ccc(Oc2ccc(C#N)cc2)c(C(C)(C)C)c1. The molecule has 0 aliphatic heterocycles. The Morgan fingerprint density at radius 2 is 1.65 bits per heavy atom. The normalized spacial score (nSPS) is 10.9. The van der Waals surface area contributed by atoms with Crippen LogP contribution in [0.25, 0.3) is 0 Å². The first-order valence-electron chi connectivity index (χ1n) is 6.69. The average Bonchev–Trinajstić information content (AvgIpc) is 2.40. The van der Waals surface area contributed by atoms with Crippen molar-refractivity contribution in [3.05, 3.63) is 59.2 Å². The lowest BCUT2D eigenvalue weighted by atomic mass is 9.85. The second kappa shape index (κ2) is 5.38. The van der Waals surface area contributed by atoms with Gasteiger partial charge in [-0.3, -0.25) is 0 Å². The highest BCUT2D eigenvalue weighted by molar-refractivity contribution is 5.44. The van der Waals surface area contributed by atoms with Gasteiger partial charge in [-0.15, -0.1) is 0 Å². The third kappa shape index (κ3) is 3.19. The van der Waals surface area contributed by atoms with Crippen molar-refractivity contribution < 1.29 is 4.74 Å². The topological polar surface area (TPSA) is 33.0 Å². The molecule has 0 atom stereocenters. The van der Waals surface area contributed by atoms with E-state index in [-0.39, 0.29) is 5.41 Å². The summed E-state index contributed by atoms with van der Waals surface area (Å²) in [6, 6.07) is 15.5. The van der Waals surface area contributed by atoms with E-state index >= 15 is 0 Å². The van der Waals surface area contributed by atoms with Gasteiger partial charge in [-0.25, -0.2) is 0 Å². The largest absolute Gasteiger partial charge is 0.457 e. The second-order valence-electron chi connectivity index (χ2n) is 5.99. The van der Waals surface area contributed by atoms with Crippen molar-refractivity contribution >= 4 is 0 Å². The summed E-state index contributed by atoms with van der Waals surface area (Å²) in [6.45, 7) is 8.61. The second-order valence-corrected chi connectivity index (χ2v) is 5.99. The van der Waals surface area contributed by atoms with Crippen LogP contribution in [0.4, 0.5) is 0 Å². The van der Waals surface area contributed by atoms with Gasteiger partial charge in [0.2, 0.25) is 0 Å². The van der Waals surface area contributed by atoms with E-state index in [0.29, 0.717) is 5.56 Å². The van der Waals surface area contributed by atoms with Crippen LogP contribution < -0.4 is 4.74 Å². The Balaban J connectivity index is 2.35. The van der Waals surface area contributed by atoms with Crippen LogP contribution in [0.15, 0.2) is 42.5 Å². The molecule has 0 bridgehead atoms. The fourth-order valence-electron chi connectivity index (χ4n) is 2.04. The van der Waals surface area contributed by atoms with Crippen LogP contribution >= 0.6 is 0 Å². The maximum absolute atomic E-state index is 8.81. The Labute approximate surface area is 120 Å². The zero-order valence-electron chi connectivity index (χ0n) is 12.4. The van der Waals surface area contributed by atoms with E-state index in [0.717, 1.165) is 11.5 Å². The van der Waals surface area contributed by atoms with E-state index in [1.165, 1.54) is 11.1 Å². The minimum absolute atomic E-state index is 0.0218. The molecule has 0 spiro atoms. The number of benzene rings is 2. The fraction of sp³-hybridized carbons (Fsp3) is 0.278. The number of hydrogen-bond acceptors (Lipinski definition) is 2. The summed E-state index contributed by atoms with van der Waals surface area (Å²) in [5.74, 6) is 1.62. The number of aryl methyl sites for hydroxylation is 1. The molecule has 0 saturated carbocycles. The fourth-order valence-corrected chi connectivity index (χ4v) is 2.04. The average molecular weight is 265 g/mol. The van der Waals surface area contributed by atoms with Crippen LogP contribution in [0.2, 0.25) is 0 Å². The first-order chi connectivity index (χ1) is 9.40. The summed E-state index contributed by atoms with van der Waals surface area (Å²) in [5.41, 5.74) is 3.06. The predicted molar refractivity (Wildman–Crippen MR) is 81.1 cm³/mol. The Morgan fingerprint density at radius 3 is 2.20 bits per heavy atom. The Kier molecular flexibility index (Phi) is 3.81. The van der Waals surface area contributed by atoms with E-state index in [4.69, 9.17) is 10.00 Å². The summed E-state index contributed by atoms with van der Waals surface area (Å²) in [5, 5.41) is 8.81. The minimum atomic E-state index is 0.0218. The van der Waals surface area contributed by atoms with Gasteiger partial charge in [0, 0.05) is 5.56 Å². The molecule has 0 saturated heterocycles. The van der Waals surface area contributed by atoms with Gasteiger partial charge >= 0.3 is 0 Å². The molecule has 0 N–H and O–H groups in total. The monoisotopic (exact) mass is 265 g/mol. The third-order valence-electron chi connectivity index (χ3n) is 3.15. The lowest BCUT2D eigenvalue weighted by molar-refractivity contribution is 0.455. The minimum Gasteiger partial charge on any atom is -0.457 e. The molecule has 20 heavy (non-hydrogen) atoms. The Morgan fingerprint density at radius 1 is 1.00 bits per heavy atom. The van der Waals surface area contributed by atoms with Crippen LogP contribution in [0.1, 0.15) is 37.5 Å². The molecule has 0 fully saturated rings. The van der Waals surface area contributed by atoms with Crippen LogP contribution in [-0.2, 0) is 5.41 Å². The van der Waals surface area contributed by atoms with E-state index in [1.807, 2.05) is 24.3 Å². The number of rotatable bonds is 2. The zero-order chi connectivity index (χ0) is 14.8. The molecule has 0 aliphatic carbocycles. The molecule has 102 valence electrons. The van der Waals surface area contributed by atoms with Crippen molar-refractivity contribution in [1.29, 1.82) is 5.26 Å². The van der Waals surface area contributed by atoms with Crippen molar-refractivity contribution in [2.45, 2.75) is 33.1 Å². The number of nitrogens with zero attached hydrogens (tertiary/aromatic N) is 1. The molecule has 0 amide bonds. The van der Waals surface area contributed by atoms with Gasteiger partial charge in [-0.05, 0) is 42.7 Å². The van der Waals surface area contributed by atoms with Crippen LogP contribution in [-0.4, -0.2) is 0 Å². The molecule has 2 rings (SSSR count). The smallest absolute Gasteiger partial charge is 0.131 e. The molecular formula is C18H19NO. The highest BCUT2D eigenvalue weighted by Crippen LogP contribution is 2.34. The molecule has 0 heterocycles. The quantitative estimate of drug-likeness (QED) is 0.769. The lowest BCUT2D eigenvalue weighted by Gasteiger charge is -2.23. The molecular weight excluding hydrogens is 246 g/mol. The van der Waals surface area contributed by atoms with Gasteiger partial charge in [-0.2, -0.15) is 5.26 Å². The van der Waals surface area contributed by atoms with E-state index in [1.54, 1.807) is 12.1 Å². The van der Waals surface area contributed by atoms with Gasteiger partial charge in [0.05, 0.1) is 11.6 Å². The van der Waals surface area contributed by atoms with Crippen molar-refractivity contribution in [1.82, 2.24) is 0 Å². The van der Waals surface area contributed by atoms with Crippen molar-refractivity contribution in [2.75, 3.05) is 0 Å². The Bertz CT molecular complexity index is 643. The zero-order valence-corrected chi connectivity index (χ0v) is 12.4. The number of nitriles is 1. The lowest BCUT2D eigenvalue weighted by Crippen LogP contribution is -2.12. The molecule has 2 nitrogen and oxygen atoms in total. The van der Waals surface area contributed by atoms with Crippen molar-refractivity contribution in [3.63, 3.8) is 0 Å². The summed E-state index contributed by atoms with van der Waals surface area (Å²) in [4.78, 5) is 0. The van der Waals surface area contributed by atoms with E-state index in [2.05, 4.69) is 39.8 Å². The third-order valence-corrected chi connectivity index (χ3v) is 3.15. The summed E-state index contributed by atoms with van der Waals surface area (Å²) in [7, 11) is 0. The standard InChI is InChI=1S/C18H19NO/c1-13-5-10-17(16(11-13)18(2,3)4)20-15-8-6-14(12-19)7-9-15/h5-11H,1-4H3. The number of ether oxygens (including phenoxy) is 1. The van der Waals surface area contributed by atoms with Gasteiger partial charge in [-0.1, -0.05) is 38.5 Å². The Hall–Kier alpha value is -2.27. The molecule has 2 aromatic carbocycles. The van der Waals surface area contributed by atoms with Crippen molar-refractivity contribution in [3.8, 4) is 17.6 Å². The van der Waals surface area contributed by atoms with Crippen LogP contribution in [0.5, 0.6) is 11.5 Å². The molecule has 0 aromatic heterocycles. The van der Waals surface area contributed by atoms with Gasteiger partial charge < -0.3 is 4.74 Å². The van der Waals surface area contributed by atoms with E-state index in [9.17, 15) is 0 Å². The molecule has 0 unspecified atom stereocenters.